The molecule has 2 aliphatic rings. The molecular weight excluding hydrogens is 202 g/mol. The molecule has 1 saturated heterocycles. The maximum Gasteiger partial charge on any atom is 0.317 e. The molecule has 2 unspecified atom stereocenters. The monoisotopic (exact) mass is 225 g/mol. The quantitative estimate of drug-likeness (QED) is 0.758. The first kappa shape index (κ1) is 11.7. The SMILES string of the molecule is CC(CCN)N1CC(C2CCCC2)NC1=O. The summed E-state index contributed by atoms with van der Waals surface area (Å²) in [4.78, 5) is 13.8. The highest BCUT2D eigenvalue weighted by Crippen LogP contribution is 2.30. The number of urea groups is 1. The fraction of sp³-hybridized carbons (Fsp3) is 0.917. The Labute approximate surface area is 97.6 Å². The topological polar surface area (TPSA) is 58.4 Å². The van der Waals surface area contributed by atoms with Crippen LogP contribution < -0.4 is 11.1 Å². The second-order valence-electron chi connectivity index (χ2n) is 5.18. The number of nitrogens with one attached hydrogen (secondary N) is 1. The van der Waals surface area contributed by atoms with Gasteiger partial charge in [0.05, 0.1) is 6.04 Å². The molecule has 0 spiro atoms. The van der Waals surface area contributed by atoms with Gasteiger partial charge in [-0.2, -0.15) is 0 Å². The van der Waals surface area contributed by atoms with E-state index in [4.69, 9.17) is 5.73 Å². The first-order valence-electron chi connectivity index (χ1n) is 6.49. The molecule has 2 amide bonds. The van der Waals surface area contributed by atoms with E-state index in [-0.39, 0.29) is 12.1 Å². The fourth-order valence-electron chi connectivity index (χ4n) is 2.99. The predicted molar refractivity (Wildman–Crippen MR) is 64.1 cm³/mol. The highest BCUT2D eigenvalue weighted by atomic mass is 16.2. The minimum atomic E-state index is 0.109. The van der Waals surface area contributed by atoms with Crippen molar-refractivity contribution in [3.63, 3.8) is 0 Å². The van der Waals surface area contributed by atoms with Gasteiger partial charge in [-0.05, 0) is 38.6 Å². The van der Waals surface area contributed by atoms with Gasteiger partial charge < -0.3 is 16.0 Å². The van der Waals surface area contributed by atoms with Crippen LogP contribution in [0.4, 0.5) is 4.79 Å². The maximum absolute atomic E-state index is 11.8. The van der Waals surface area contributed by atoms with Gasteiger partial charge in [0.1, 0.15) is 0 Å². The molecule has 3 N–H and O–H groups in total. The smallest absolute Gasteiger partial charge is 0.317 e. The van der Waals surface area contributed by atoms with E-state index in [9.17, 15) is 4.79 Å². The van der Waals surface area contributed by atoms with Gasteiger partial charge in [-0.25, -0.2) is 4.79 Å². The zero-order chi connectivity index (χ0) is 11.5. The summed E-state index contributed by atoms with van der Waals surface area (Å²) in [6.07, 6.45) is 6.11. The van der Waals surface area contributed by atoms with Crippen LogP contribution in [0.1, 0.15) is 39.0 Å². The molecule has 1 aliphatic carbocycles. The number of nitrogens with two attached hydrogens (primary N) is 1. The van der Waals surface area contributed by atoms with E-state index >= 15 is 0 Å². The number of carbonyl (C=O) groups excluding carboxylic acids is 1. The summed E-state index contributed by atoms with van der Waals surface area (Å²) in [5, 5.41) is 3.13. The van der Waals surface area contributed by atoms with Crippen molar-refractivity contribution in [2.24, 2.45) is 11.7 Å². The lowest BCUT2D eigenvalue weighted by Crippen LogP contribution is -2.37. The summed E-state index contributed by atoms with van der Waals surface area (Å²) < 4.78 is 0. The first-order valence-corrected chi connectivity index (χ1v) is 6.49. The van der Waals surface area contributed by atoms with Crippen LogP contribution >= 0.6 is 0 Å². The van der Waals surface area contributed by atoms with Crippen LogP contribution in [0.2, 0.25) is 0 Å². The molecule has 0 bridgehead atoms. The highest BCUT2D eigenvalue weighted by molar-refractivity contribution is 5.77. The number of hydrogen-bond donors (Lipinski definition) is 2. The summed E-state index contributed by atoms with van der Waals surface area (Å²) >= 11 is 0. The van der Waals surface area contributed by atoms with Gasteiger partial charge in [-0.15, -0.1) is 0 Å². The molecule has 2 rings (SSSR count). The molecule has 2 atom stereocenters. The van der Waals surface area contributed by atoms with Gasteiger partial charge in [0, 0.05) is 12.6 Å². The van der Waals surface area contributed by atoms with Crippen molar-refractivity contribution in [3.8, 4) is 0 Å². The summed E-state index contributed by atoms with van der Waals surface area (Å²) in [5.74, 6) is 0.707. The third-order valence-corrected chi connectivity index (χ3v) is 4.05. The van der Waals surface area contributed by atoms with Crippen molar-refractivity contribution in [2.45, 2.75) is 51.1 Å². The van der Waals surface area contributed by atoms with E-state index in [0.29, 0.717) is 18.5 Å². The van der Waals surface area contributed by atoms with Gasteiger partial charge in [0.25, 0.3) is 0 Å². The molecule has 1 aliphatic heterocycles. The number of rotatable bonds is 4. The molecule has 0 radical (unpaired) electrons. The molecule has 2 fully saturated rings. The van der Waals surface area contributed by atoms with Gasteiger partial charge in [-0.3, -0.25) is 0 Å². The standard InChI is InChI=1S/C12H23N3O/c1-9(6-7-13)15-8-11(14-12(15)16)10-4-2-3-5-10/h9-11H,2-8,13H2,1H3,(H,14,16). The molecule has 0 aromatic heterocycles. The molecule has 16 heavy (non-hydrogen) atoms. The largest absolute Gasteiger partial charge is 0.333 e. The molecule has 0 aromatic rings. The Balaban J connectivity index is 1.90. The number of hydrogen-bond acceptors (Lipinski definition) is 2. The lowest BCUT2D eigenvalue weighted by molar-refractivity contribution is 0.199. The lowest BCUT2D eigenvalue weighted by atomic mass is 9.99. The minimum absolute atomic E-state index is 0.109. The van der Waals surface area contributed by atoms with Crippen LogP contribution in [-0.2, 0) is 0 Å². The normalized spacial score (nSPS) is 28.5. The Kier molecular flexibility index (Phi) is 3.69. The summed E-state index contributed by atoms with van der Waals surface area (Å²) in [6.45, 7) is 3.62. The number of amides is 2. The van der Waals surface area contributed by atoms with Crippen molar-refractivity contribution >= 4 is 6.03 Å². The fourth-order valence-corrected chi connectivity index (χ4v) is 2.99. The summed E-state index contributed by atoms with van der Waals surface area (Å²) in [6, 6.07) is 0.768. The van der Waals surface area contributed by atoms with E-state index in [1.807, 2.05) is 4.90 Å². The Morgan fingerprint density at radius 3 is 2.81 bits per heavy atom. The molecular formula is C12H23N3O. The zero-order valence-corrected chi connectivity index (χ0v) is 10.1. The number of carbonyl (C=O) groups is 1. The van der Waals surface area contributed by atoms with Crippen molar-refractivity contribution in [1.82, 2.24) is 10.2 Å². The van der Waals surface area contributed by atoms with Crippen LogP contribution in [0, 0.1) is 5.92 Å². The Morgan fingerprint density at radius 1 is 1.50 bits per heavy atom. The summed E-state index contributed by atoms with van der Waals surface area (Å²) in [7, 11) is 0. The van der Waals surface area contributed by atoms with Crippen LogP contribution in [0.15, 0.2) is 0 Å². The molecule has 1 heterocycles. The van der Waals surface area contributed by atoms with Crippen molar-refractivity contribution in [1.29, 1.82) is 0 Å². The second kappa shape index (κ2) is 5.04. The maximum atomic E-state index is 11.8. The van der Waals surface area contributed by atoms with Crippen molar-refractivity contribution in [2.75, 3.05) is 13.1 Å². The molecule has 4 nitrogen and oxygen atoms in total. The number of nitrogens with zero attached hydrogens (tertiary/aromatic N) is 1. The average Bonchev–Trinajstić information content (AvgIpc) is 2.86. The molecule has 1 saturated carbocycles. The molecule has 0 aromatic carbocycles. The van der Waals surface area contributed by atoms with Crippen molar-refractivity contribution in [3.05, 3.63) is 0 Å². The van der Waals surface area contributed by atoms with Gasteiger partial charge in [-0.1, -0.05) is 12.8 Å². The van der Waals surface area contributed by atoms with Gasteiger partial charge >= 0.3 is 6.03 Å². The predicted octanol–water partition coefficient (Wildman–Crippen LogP) is 1.31. The van der Waals surface area contributed by atoms with Crippen LogP contribution in [-0.4, -0.2) is 36.1 Å². The van der Waals surface area contributed by atoms with Crippen LogP contribution in [0.5, 0.6) is 0 Å². The van der Waals surface area contributed by atoms with E-state index in [0.717, 1.165) is 13.0 Å². The minimum Gasteiger partial charge on any atom is -0.333 e. The molecule has 4 heteroatoms. The third kappa shape index (κ3) is 2.32. The van der Waals surface area contributed by atoms with E-state index < -0.39 is 0 Å². The Bertz CT molecular complexity index is 251. The third-order valence-electron chi connectivity index (χ3n) is 4.05. The molecule has 92 valence electrons. The van der Waals surface area contributed by atoms with Crippen molar-refractivity contribution < 1.29 is 4.79 Å². The van der Waals surface area contributed by atoms with Gasteiger partial charge in [0.2, 0.25) is 0 Å². The first-order chi connectivity index (χ1) is 7.72. The zero-order valence-electron chi connectivity index (χ0n) is 10.1. The van der Waals surface area contributed by atoms with E-state index in [2.05, 4.69) is 12.2 Å². The summed E-state index contributed by atoms with van der Waals surface area (Å²) in [5.41, 5.74) is 5.54. The average molecular weight is 225 g/mol. The van der Waals surface area contributed by atoms with E-state index in [1.54, 1.807) is 0 Å². The Hall–Kier alpha value is -0.770. The Morgan fingerprint density at radius 2 is 2.19 bits per heavy atom. The highest BCUT2D eigenvalue weighted by Gasteiger charge is 2.36. The lowest BCUT2D eigenvalue weighted by Gasteiger charge is -2.23. The van der Waals surface area contributed by atoms with Gasteiger partial charge in [0.15, 0.2) is 0 Å². The van der Waals surface area contributed by atoms with Crippen LogP contribution in [0.25, 0.3) is 0 Å². The van der Waals surface area contributed by atoms with E-state index in [1.165, 1.54) is 25.7 Å². The van der Waals surface area contributed by atoms with Crippen LogP contribution in [0.3, 0.4) is 0 Å². The second-order valence-corrected chi connectivity index (χ2v) is 5.18.